The number of phenols is 1. The van der Waals surface area contributed by atoms with E-state index in [4.69, 9.17) is 0 Å². The van der Waals surface area contributed by atoms with Crippen molar-refractivity contribution in [2.45, 2.75) is 26.3 Å². The Morgan fingerprint density at radius 1 is 1.21 bits per heavy atom. The summed E-state index contributed by atoms with van der Waals surface area (Å²) in [6.07, 6.45) is 1.59. The van der Waals surface area contributed by atoms with E-state index in [0.717, 1.165) is 54.0 Å². The van der Waals surface area contributed by atoms with Gasteiger partial charge in [-0.2, -0.15) is 5.10 Å². The Bertz CT molecular complexity index is 1180. The minimum absolute atomic E-state index is 0. The maximum Gasteiger partial charge on any atom is 0.159 e. The number of aromatic hydroxyl groups is 1. The van der Waals surface area contributed by atoms with Crippen molar-refractivity contribution in [2.75, 3.05) is 6.54 Å². The highest BCUT2D eigenvalue weighted by molar-refractivity contribution is 5.94. The van der Waals surface area contributed by atoms with Gasteiger partial charge in [-0.25, -0.2) is 9.37 Å². The number of hydrogen-bond acceptors (Lipinski definition) is 4. The number of nitrogens with zero attached hydrogens (tertiary/aromatic N) is 2. The van der Waals surface area contributed by atoms with Gasteiger partial charge in [0.15, 0.2) is 5.82 Å². The molecule has 0 radical (unpaired) electrons. The quantitative estimate of drug-likeness (QED) is 0.407. The molecule has 0 atom stereocenters. The molecule has 1 aliphatic heterocycles. The average Bonchev–Trinajstić information content (AvgIpc) is 3.31. The largest absolute Gasteiger partial charge is 0.508 e. The average molecular weight is 414 g/mol. The molecule has 0 amide bonds. The van der Waals surface area contributed by atoms with E-state index in [-0.39, 0.29) is 24.0 Å². The van der Waals surface area contributed by atoms with Crippen molar-refractivity contribution in [1.29, 1.82) is 0 Å². The molecule has 1 aliphatic rings. The third kappa shape index (κ3) is 3.26. The van der Waals surface area contributed by atoms with Gasteiger partial charge in [-0.15, -0.1) is 12.4 Å². The van der Waals surface area contributed by atoms with Crippen LogP contribution in [0.5, 0.6) is 5.75 Å². The standard InChI is InChI=1S/C21H20FN5O.ClH/c1-2-11-7-13(28)3-4-14(11)12-8-15(22)19-17(9-12)26-27-20(19)21-24-16-5-6-23-10-18(16)25-21;/h3-4,7-9,23,28H,2,5-6,10H2,1H3,(H,24,25)(H,26,27);1H. The molecule has 29 heavy (non-hydrogen) atoms. The molecule has 6 nitrogen and oxygen atoms in total. The van der Waals surface area contributed by atoms with E-state index in [2.05, 4.69) is 25.5 Å². The van der Waals surface area contributed by atoms with Crippen LogP contribution >= 0.6 is 12.4 Å². The number of imidazole rings is 1. The van der Waals surface area contributed by atoms with E-state index < -0.39 is 0 Å². The first-order valence-electron chi connectivity index (χ1n) is 9.42. The molecule has 5 rings (SSSR count). The molecule has 0 aliphatic carbocycles. The molecule has 0 saturated carbocycles. The molecule has 0 unspecified atom stereocenters. The fourth-order valence-corrected chi connectivity index (χ4v) is 3.92. The van der Waals surface area contributed by atoms with Crippen LogP contribution in [0, 0.1) is 5.82 Å². The number of rotatable bonds is 3. The number of aryl methyl sites for hydroxylation is 1. The first-order valence-corrected chi connectivity index (χ1v) is 9.42. The summed E-state index contributed by atoms with van der Waals surface area (Å²) in [7, 11) is 0. The number of hydrogen-bond donors (Lipinski definition) is 4. The van der Waals surface area contributed by atoms with E-state index in [1.807, 2.05) is 19.1 Å². The normalized spacial score (nSPS) is 13.3. The Morgan fingerprint density at radius 3 is 2.86 bits per heavy atom. The zero-order valence-corrected chi connectivity index (χ0v) is 16.7. The lowest BCUT2D eigenvalue weighted by molar-refractivity contribution is 0.474. The van der Waals surface area contributed by atoms with Crippen LogP contribution in [0.15, 0.2) is 30.3 Å². The van der Waals surface area contributed by atoms with Gasteiger partial charge in [-0.3, -0.25) is 5.10 Å². The summed E-state index contributed by atoms with van der Waals surface area (Å²) in [5.74, 6) is 0.451. The highest BCUT2D eigenvalue weighted by Crippen LogP contribution is 2.34. The maximum atomic E-state index is 15.1. The summed E-state index contributed by atoms with van der Waals surface area (Å²) in [5.41, 5.74) is 5.77. The number of aromatic nitrogens is 4. The first kappa shape index (κ1) is 19.4. The van der Waals surface area contributed by atoms with Crippen molar-refractivity contribution in [3.05, 3.63) is 53.1 Å². The smallest absolute Gasteiger partial charge is 0.159 e. The monoisotopic (exact) mass is 413 g/mol. The molecule has 3 heterocycles. The first-order chi connectivity index (χ1) is 13.6. The number of fused-ring (bicyclic) bond motifs is 2. The molecule has 0 spiro atoms. The van der Waals surface area contributed by atoms with Gasteiger partial charge < -0.3 is 15.4 Å². The van der Waals surface area contributed by atoms with Gasteiger partial charge in [0.05, 0.1) is 22.3 Å². The fourth-order valence-electron chi connectivity index (χ4n) is 3.92. The summed E-state index contributed by atoms with van der Waals surface area (Å²) in [6, 6.07) is 8.58. The Hall–Kier alpha value is -2.90. The summed E-state index contributed by atoms with van der Waals surface area (Å²) in [5, 5.41) is 20.8. The van der Waals surface area contributed by atoms with E-state index in [1.165, 1.54) is 6.07 Å². The second kappa shape index (κ2) is 7.50. The number of H-pyrrole nitrogens is 2. The summed E-state index contributed by atoms with van der Waals surface area (Å²) in [4.78, 5) is 7.91. The van der Waals surface area contributed by atoms with Crippen LogP contribution in [-0.2, 0) is 19.4 Å². The summed E-state index contributed by atoms with van der Waals surface area (Å²) in [6.45, 7) is 3.63. The minimum atomic E-state index is -0.348. The molecule has 0 fully saturated rings. The predicted molar refractivity (Wildman–Crippen MR) is 113 cm³/mol. The predicted octanol–water partition coefficient (Wildman–Crippen LogP) is 4.09. The van der Waals surface area contributed by atoms with Gasteiger partial charge in [-0.1, -0.05) is 13.0 Å². The fraction of sp³-hybridized carbons (Fsp3) is 0.238. The third-order valence-corrected chi connectivity index (χ3v) is 5.32. The lowest BCUT2D eigenvalue weighted by atomic mass is 9.96. The lowest BCUT2D eigenvalue weighted by Crippen LogP contribution is -2.23. The topological polar surface area (TPSA) is 89.6 Å². The molecule has 0 bridgehead atoms. The Labute approximate surface area is 173 Å². The minimum Gasteiger partial charge on any atom is -0.508 e. The van der Waals surface area contributed by atoms with E-state index in [1.54, 1.807) is 12.1 Å². The maximum absolute atomic E-state index is 15.1. The van der Waals surface area contributed by atoms with Crippen molar-refractivity contribution in [3.63, 3.8) is 0 Å². The van der Waals surface area contributed by atoms with Crippen LogP contribution in [0.2, 0.25) is 0 Å². The van der Waals surface area contributed by atoms with Crippen LogP contribution in [0.3, 0.4) is 0 Å². The van der Waals surface area contributed by atoms with Crippen LogP contribution < -0.4 is 5.32 Å². The van der Waals surface area contributed by atoms with E-state index in [9.17, 15) is 5.11 Å². The molecule has 4 aromatic rings. The summed E-state index contributed by atoms with van der Waals surface area (Å²) >= 11 is 0. The van der Waals surface area contributed by atoms with Gasteiger partial charge in [-0.05, 0) is 47.4 Å². The SMILES string of the molecule is CCc1cc(O)ccc1-c1cc(F)c2c(-c3nc4c([nH]3)CNCC4)n[nH]c2c1.Cl. The number of phenolic OH excluding ortho intramolecular Hbond substituents is 1. The molecule has 2 aromatic carbocycles. The van der Waals surface area contributed by atoms with Gasteiger partial charge in [0.25, 0.3) is 0 Å². The molecule has 8 heteroatoms. The molecule has 150 valence electrons. The second-order valence-corrected chi connectivity index (χ2v) is 7.09. The van der Waals surface area contributed by atoms with Gasteiger partial charge in [0, 0.05) is 19.5 Å². The number of nitrogens with one attached hydrogen (secondary N) is 3. The van der Waals surface area contributed by atoms with Crippen molar-refractivity contribution >= 4 is 23.3 Å². The van der Waals surface area contributed by atoms with Crippen molar-refractivity contribution in [1.82, 2.24) is 25.5 Å². The van der Waals surface area contributed by atoms with Crippen LogP contribution in [-0.4, -0.2) is 31.8 Å². The van der Waals surface area contributed by atoms with E-state index >= 15 is 4.39 Å². The van der Waals surface area contributed by atoms with Crippen LogP contribution in [0.25, 0.3) is 33.5 Å². The van der Waals surface area contributed by atoms with Crippen LogP contribution in [0.1, 0.15) is 23.9 Å². The van der Waals surface area contributed by atoms with Crippen molar-refractivity contribution in [3.8, 4) is 28.4 Å². The van der Waals surface area contributed by atoms with Gasteiger partial charge >= 0.3 is 0 Å². The van der Waals surface area contributed by atoms with Crippen molar-refractivity contribution in [2.24, 2.45) is 0 Å². The molecular formula is C21H21ClFN5O. The molecule has 4 N–H and O–H groups in total. The van der Waals surface area contributed by atoms with Crippen LogP contribution in [0.4, 0.5) is 4.39 Å². The number of halogens is 2. The Kier molecular flexibility index (Phi) is 5.02. The zero-order chi connectivity index (χ0) is 19.3. The van der Waals surface area contributed by atoms with Gasteiger partial charge in [0.1, 0.15) is 17.3 Å². The Morgan fingerprint density at radius 2 is 2.07 bits per heavy atom. The van der Waals surface area contributed by atoms with Crippen molar-refractivity contribution < 1.29 is 9.50 Å². The highest BCUT2D eigenvalue weighted by Gasteiger charge is 2.21. The molecular weight excluding hydrogens is 393 g/mol. The lowest BCUT2D eigenvalue weighted by Gasteiger charge is -2.09. The number of aromatic amines is 2. The van der Waals surface area contributed by atoms with Gasteiger partial charge in [0.2, 0.25) is 0 Å². The third-order valence-electron chi connectivity index (χ3n) is 5.32. The second-order valence-electron chi connectivity index (χ2n) is 7.09. The van der Waals surface area contributed by atoms with E-state index in [0.29, 0.717) is 22.4 Å². The molecule has 2 aromatic heterocycles. The highest BCUT2D eigenvalue weighted by atomic mass is 35.5. The summed E-state index contributed by atoms with van der Waals surface area (Å²) < 4.78 is 15.1. The zero-order valence-electron chi connectivity index (χ0n) is 15.8. The number of benzene rings is 2. The molecule has 0 saturated heterocycles. The Balaban J connectivity index is 0.00000205.